The van der Waals surface area contributed by atoms with Crippen LogP contribution < -0.4 is 0 Å². The molecule has 1 aromatic rings. The molecule has 0 aromatic carbocycles. The molecule has 9 heteroatoms. The summed E-state index contributed by atoms with van der Waals surface area (Å²) in [4.78, 5) is 11.4. The van der Waals surface area contributed by atoms with Crippen LogP contribution in [0.4, 0.5) is 0 Å². The quantitative estimate of drug-likeness (QED) is 0.627. The number of thiol groups is 1. The number of sulfonamides is 1. The Bertz CT molecular complexity index is 641. The largest absolute Gasteiger partial charge is 0.293 e. The second kappa shape index (κ2) is 6.05. The van der Waals surface area contributed by atoms with Crippen molar-refractivity contribution >= 4 is 28.4 Å². The Morgan fingerprint density at radius 3 is 2.67 bits per heavy atom. The number of carbonyl (C=O) groups is 1. The van der Waals surface area contributed by atoms with Crippen molar-refractivity contribution in [3.8, 4) is 0 Å². The van der Waals surface area contributed by atoms with Crippen molar-refractivity contribution in [2.45, 2.75) is 44.5 Å². The molecule has 118 valence electrons. The van der Waals surface area contributed by atoms with Crippen LogP contribution in [0.2, 0.25) is 0 Å². The first kappa shape index (κ1) is 16.4. The zero-order valence-electron chi connectivity index (χ0n) is 12.4. The summed E-state index contributed by atoms with van der Waals surface area (Å²) in [6.45, 7) is 4.22. The van der Waals surface area contributed by atoms with Crippen LogP contribution in [0.3, 0.4) is 0 Å². The van der Waals surface area contributed by atoms with Gasteiger partial charge in [-0.3, -0.25) is 4.79 Å². The summed E-state index contributed by atoms with van der Waals surface area (Å²) < 4.78 is 26.7. The summed E-state index contributed by atoms with van der Waals surface area (Å²) in [7, 11) is -3.22. The Labute approximate surface area is 130 Å². The molecule has 1 fully saturated rings. The van der Waals surface area contributed by atoms with E-state index in [1.807, 2.05) is 0 Å². The van der Waals surface area contributed by atoms with E-state index in [-0.39, 0.29) is 17.1 Å². The van der Waals surface area contributed by atoms with E-state index in [9.17, 15) is 13.2 Å². The molecule has 0 radical (unpaired) electrons. The summed E-state index contributed by atoms with van der Waals surface area (Å²) in [5.41, 5.74) is 1.09. The Morgan fingerprint density at radius 2 is 2.14 bits per heavy atom. The van der Waals surface area contributed by atoms with Gasteiger partial charge < -0.3 is 0 Å². The van der Waals surface area contributed by atoms with Gasteiger partial charge in [-0.1, -0.05) is 5.21 Å². The molecule has 0 bridgehead atoms. The molecule has 0 saturated carbocycles. The molecule has 1 aliphatic rings. The highest BCUT2D eigenvalue weighted by atomic mass is 32.2. The molecule has 2 atom stereocenters. The molecule has 2 heterocycles. The average Bonchev–Trinajstić information content (AvgIpc) is 2.89. The van der Waals surface area contributed by atoms with Gasteiger partial charge in [0.2, 0.25) is 10.0 Å². The zero-order chi connectivity index (χ0) is 15.8. The summed E-state index contributed by atoms with van der Waals surface area (Å²) in [6.07, 6.45) is 2.58. The maximum Gasteiger partial charge on any atom is 0.211 e. The van der Waals surface area contributed by atoms with E-state index < -0.39 is 10.0 Å². The standard InChI is InChI=1S/C12H20N4O3S2/c1-8-12(9(2)17)13-14-15(8)5-4-10-6-11(20)7-16(10)21(3,18)19/h10-11,20H,4-7H2,1-3H3/t10-,11+/m0/s1. The number of nitrogens with zero attached hydrogens (tertiary/aromatic N) is 4. The molecule has 0 unspecified atom stereocenters. The first-order valence-electron chi connectivity index (χ1n) is 6.76. The van der Waals surface area contributed by atoms with E-state index in [0.717, 1.165) is 6.42 Å². The number of hydrogen-bond donors (Lipinski definition) is 1. The van der Waals surface area contributed by atoms with Crippen molar-refractivity contribution in [1.82, 2.24) is 19.3 Å². The van der Waals surface area contributed by atoms with Crippen LogP contribution in [0.1, 0.15) is 35.9 Å². The lowest BCUT2D eigenvalue weighted by Gasteiger charge is -2.21. The topological polar surface area (TPSA) is 85.2 Å². The number of hydrogen-bond acceptors (Lipinski definition) is 6. The normalized spacial score (nSPS) is 23.6. The van der Waals surface area contributed by atoms with Crippen LogP contribution in [0.25, 0.3) is 0 Å². The van der Waals surface area contributed by atoms with E-state index in [2.05, 4.69) is 22.9 Å². The third kappa shape index (κ3) is 3.64. The highest BCUT2D eigenvalue weighted by molar-refractivity contribution is 7.88. The highest BCUT2D eigenvalue weighted by Gasteiger charge is 2.35. The predicted molar refractivity (Wildman–Crippen MR) is 82.1 cm³/mol. The summed E-state index contributed by atoms with van der Waals surface area (Å²) in [5, 5.41) is 7.89. The molecular weight excluding hydrogens is 312 g/mol. The minimum absolute atomic E-state index is 0.0642. The monoisotopic (exact) mass is 332 g/mol. The summed E-state index contributed by atoms with van der Waals surface area (Å²) in [6, 6.07) is -0.0770. The maximum absolute atomic E-state index is 11.8. The molecule has 0 N–H and O–H groups in total. The Kier molecular flexibility index (Phi) is 4.74. The zero-order valence-corrected chi connectivity index (χ0v) is 14.1. The van der Waals surface area contributed by atoms with Crippen LogP contribution in [0, 0.1) is 6.92 Å². The van der Waals surface area contributed by atoms with Gasteiger partial charge in [0.1, 0.15) is 0 Å². The first-order valence-corrected chi connectivity index (χ1v) is 9.12. The minimum Gasteiger partial charge on any atom is -0.293 e. The fourth-order valence-electron chi connectivity index (χ4n) is 2.70. The Balaban J connectivity index is 2.07. The van der Waals surface area contributed by atoms with Gasteiger partial charge in [0, 0.05) is 31.3 Å². The van der Waals surface area contributed by atoms with E-state index in [1.54, 1.807) is 11.6 Å². The lowest BCUT2D eigenvalue weighted by atomic mass is 10.1. The lowest BCUT2D eigenvalue weighted by Crippen LogP contribution is -2.35. The van der Waals surface area contributed by atoms with Crippen molar-refractivity contribution < 1.29 is 13.2 Å². The number of carbonyl (C=O) groups excluding carboxylic acids is 1. The van der Waals surface area contributed by atoms with Gasteiger partial charge in [-0.15, -0.1) is 5.10 Å². The SMILES string of the molecule is CC(=O)c1nnn(CC[C@H]2C[C@@H](S)CN2S(C)(=O)=O)c1C. The number of aryl methyl sites for hydroxylation is 1. The van der Waals surface area contributed by atoms with E-state index in [4.69, 9.17) is 0 Å². The minimum atomic E-state index is -3.22. The second-order valence-corrected chi connectivity index (χ2v) is 8.13. The van der Waals surface area contributed by atoms with Crippen molar-refractivity contribution in [1.29, 1.82) is 0 Å². The third-order valence-corrected chi connectivity index (χ3v) is 5.43. The molecule has 21 heavy (non-hydrogen) atoms. The van der Waals surface area contributed by atoms with Gasteiger partial charge in [-0.05, 0) is 19.8 Å². The smallest absolute Gasteiger partial charge is 0.211 e. The predicted octanol–water partition coefficient (Wildman–Crippen LogP) is 0.512. The van der Waals surface area contributed by atoms with E-state index >= 15 is 0 Å². The van der Waals surface area contributed by atoms with Gasteiger partial charge in [-0.2, -0.15) is 16.9 Å². The number of rotatable bonds is 5. The van der Waals surface area contributed by atoms with E-state index in [1.165, 1.54) is 17.5 Å². The maximum atomic E-state index is 11.8. The number of Topliss-reactive ketones (excluding diaryl/α,β-unsaturated/α-hetero) is 1. The van der Waals surface area contributed by atoms with Crippen LogP contribution in [0.5, 0.6) is 0 Å². The average molecular weight is 332 g/mol. The fraction of sp³-hybridized carbons (Fsp3) is 0.750. The molecule has 0 aliphatic carbocycles. The van der Waals surface area contributed by atoms with Crippen molar-refractivity contribution in [2.24, 2.45) is 0 Å². The molecule has 1 saturated heterocycles. The van der Waals surface area contributed by atoms with Crippen LogP contribution in [0.15, 0.2) is 0 Å². The van der Waals surface area contributed by atoms with Gasteiger partial charge in [0.05, 0.1) is 11.9 Å². The molecule has 1 aromatic heterocycles. The first-order chi connectivity index (χ1) is 9.70. The van der Waals surface area contributed by atoms with Crippen LogP contribution in [-0.2, 0) is 16.6 Å². The van der Waals surface area contributed by atoms with Gasteiger partial charge >= 0.3 is 0 Å². The van der Waals surface area contributed by atoms with Gasteiger partial charge in [-0.25, -0.2) is 13.1 Å². The van der Waals surface area contributed by atoms with E-state index in [0.29, 0.717) is 30.9 Å². The van der Waals surface area contributed by atoms with Gasteiger partial charge in [0.25, 0.3) is 0 Å². The lowest BCUT2D eigenvalue weighted by molar-refractivity contribution is 0.101. The molecule has 1 aliphatic heterocycles. The molecule has 7 nitrogen and oxygen atoms in total. The van der Waals surface area contributed by atoms with Gasteiger partial charge in [0.15, 0.2) is 11.5 Å². The molecular formula is C12H20N4O3S2. The molecule has 0 amide bonds. The molecule has 0 spiro atoms. The van der Waals surface area contributed by atoms with Crippen LogP contribution >= 0.6 is 12.6 Å². The third-order valence-electron chi connectivity index (χ3n) is 3.76. The van der Waals surface area contributed by atoms with Crippen LogP contribution in [-0.4, -0.2) is 57.6 Å². The molecule has 2 rings (SSSR count). The summed E-state index contributed by atoms with van der Waals surface area (Å²) in [5.74, 6) is -0.118. The highest BCUT2D eigenvalue weighted by Crippen LogP contribution is 2.27. The summed E-state index contributed by atoms with van der Waals surface area (Å²) >= 11 is 4.39. The fourth-order valence-corrected chi connectivity index (χ4v) is 4.41. The van der Waals surface area contributed by atoms with Crippen molar-refractivity contribution in [3.63, 3.8) is 0 Å². The second-order valence-electron chi connectivity index (χ2n) is 5.47. The Hall–Kier alpha value is -0.930. The number of aromatic nitrogens is 3. The Morgan fingerprint density at radius 1 is 1.48 bits per heavy atom. The number of ketones is 1. The van der Waals surface area contributed by atoms with Crippen molar-refractivity contribution in [2.75, 3.05) is 12.8 Å². The van der Waals surface area contributed by atoms with Crippen molar-refractivity contribution in [3.05, 3.63) is 11.4 Å².